The van der Waals surface area contributed by atoms with Crippen LogP contribution in [-0.2, 0) is 25.3 Å². The van der Waals surface area contributed by atoms with Crippen LogP contribution in [0.5, 0.6) is 0 Å². The van der Waals surface area contributed by atoms with Crippen molar-refractivity contribution in [1.82, 2.24) is 9.78 Å². The van der Waals surface area contributed by atoms with E-state index >= 15 is 0 Å². The molecule has 3 rings (SSSR count). The molecule has 0 bridgehead atoms. The van der Waals surface area contributed by atoms with Crippen LogP contribution in [0.25, 0.3) is 0 Å². The first kappa shape index (κ1) is 9.71. The van der Waals surface area contributed by atoms with E-state index in [1.165, 1.54) is 49.1 Å². The van der Waals surface area contributed by atoms with E-state index in [0.29, 0.717) is 5.88 Å². The van der Waals surface area contributed by atoms with Crippen molar-refractivity contribution in [2.24, 2.45) is 5.92 Å². The Labute approximate surface area is 95.6 Å². The van der Waals surface area contributed by atoms with Crippen LogP contribution in [0.3, 0.4) is 0 Å². The molecule has 0 saturated heterocycles. The highest BCUT2D eigenvalue weighted by Gasteiger charge is 2.26. The normalized spacial score (nSPS) is 20.3. The quantitative estimate of drug-likeness (QED) is 0.722. The fourth-order valence-electron chi connectivity index (χ4n) is 2.52. The molecule has 0 radical (unpaired) electrons. The zero-order chi connectivity index (χ0) is 10.3. The van der Waals surface area contributed by atoms with Crippen molar-refractivity contribution >= 4 is 11.6 Å². The summed E-state index contributed by atoms with van der Waals surface area (Å²) in [6.45, 7) is 1.11. The van der Waals surface area contributed by atoms with Crippen LogP contribution >= 0.6 is 11.6 Å². The molecule has 1 aromatic rings. The summed E-state index contributed by atoms with van der Waals surface area (Å²) < 4.78 is 2.20. The lowest BCUT2D eigenvalue weighted by Crippen LogP contribution is -2.06. The highest BCUT2D eigenvalue weighted by atomic mass is 35.5. The van der Waals surface area contributed by atoms with Crippen molar-refractivity contribution in [3.63, 3.8) is 0 Å². The highest BCUT2D eigenvalue weighted by molar-refractivity contribution is 6.17. The first-order valence-electron chi connectivity index (χ1n) is 6.02. The highest BCUT2D eigenvalue weighted by Crippen LogP contribution is 2.33. The average Bonchev–Trinajstić information content (AvgIpc) is 2.99. The van der Waals surface area contributed by atoms with Gasteiger partial charge in [-0.05, 0) is 50.0 Å². The summed E-state index contributed by atoms with van der Waals surface area (Å²) >= 11 is 6.05. The van der Waals surface area contributed by atoms with E-state index in [9.17, 15) is 0 Å². The number of aromatic nitrogens is 2. The van der Waals surface area contributed by atoms with Gasteiger partial charge in [0, 0.05) is 6.54 Å². The molecule has 0 amide bonds. The minimum absolute atomic E-state index is 0.634. The van der Waals surface area contributed by atoms with E-state index in [0.717, 1.165) is 18.9 Å². The second kappa shape index (κ2) is 3.82. The van der Waals surface area contributed by atoms with Crippen LogP contribution in [0.1, 0.15) is 42.6 Å². The number of hydrogen-bond acceptors (Lipinski definition) is 1. The van der Waals surface area contributed by atoms with Gasteiger partial charge >= 0.3 is 0 Å². The van der Waals surface area contributed by atoms with Gasteiger partial charge in [-0.2, -0.15) is 5.10 Å². The third-order valence-corrected chi connectivity index (χ3v) is 3.85. The van der Waals surface area contributed by atoms with Crippen molar-refractivity contribution in [1.29, 1.82) is 0 Å². The molecule has 2 aliphatic rings. The number of alkyl halides is 1. The molecule has 0 N–H and O–H groups in total. The molecule has 1 aromatic heterocycles. The summed E-state index contributed by atoms with van der Waals surface area (Å²) in [5, 5.41) is 4.73. The predicted octanol–water partition coefficient (Wildman–Crippen LogP) is 2.91. The maximum Gasteiger partial charge on any atom is 0.0659 e. The summed E-state index contributed by atoms with van der Waals surface area (Å²) in [6.07, 6.45) is 7.73. The standard InChI is InChI=1S/C12H17ClN2/c13-7-12-10-3-1-2-4-11(10)14-15(12)8-9-5-6-9/h9H,1-8H2. The van der Waals surface area contributed by atoms with Gasteiger partial charge in [0.25, 0.3) is 0 Å². The molecular formula is C12H17ClN2. The number of fused-ring (bicyclic) bond motifs is 1. The van der Waals surface area contributed by atoms with Crippen molar-refractivity contribution in [3.8, 4) is 0 Å². The van der Waals surface area contributed by atoms with Gasteiger partial charge in [0.05, 0.1) is 17.3 Å². The Morgan fingerprint density at radius 2 is 2.07 bits per heavy atom. The van der Waals surface area contributed by atoms with Crippen molar-refractivity contribution in [2.45, 2.75) is 50.9 Å². The Morgan fingerprint density at radius 3 is 2.80 bits per heavy atom. The molecule has 3 heteroatoms. The molecule has 82 valence electrons. The second-order valence-electron chi connectivity index (χ2n) is 4.84. The van der Waals surface area contributed by atoms with Gasteiger partial charge in [-0.15, -0.1) is 11.6 Å². The summed E-state index contributed by atoms with van der Waals surface area (Å²) in [5.74, 6) is 1.52. The lowest BCUT2D eigenvalue weighted by atomic mass is 9.96. The van der Waals surface area contributed by atoms with Gasteiger partial charge in [0.2, 0.25) is 0 Å². The predicted molar refractivity (Wildman–Crippen MR) is 61.2 cm³/mol. The largest absolute Gasteiger partial charge is 0.268 e. The Bertz CT molecular complexity index is 366. The van der Waals surface area contributed by atoms with E-state index in [-0.39, 0.29) is 0 Å². The summed E-state index contributed by atoms with van der Waals surface area (Å²) in [6, 6.07) is 0. The lowest BCUT2D eigenvalue weighted by molar-refractivity contribution is 0.541. The molecule has 0 spiro atoms. The number of halogens is 1. The maximum absolute atomic E-state index is 6.05. The van der Waals surface area contributed by atoms with Crippen molar-refractivity contribution < 1.29 is 0 Å². The van der Waals surface area contributed by atoms with Crippen LogP contribution < -0.4 is 0 Å². The Kier molecular flexibility index (Phi) is 2.47. The second-order valence-corrected chi connectivity index (χ2v) is 5.11. The van der Waals surface area contributed by atoms with E-state index in [1.54, 1.807) is 0 Å². The minimum atomic E-state index is 0.634. The molecule has 0 aliphatic heterocycles. The molecule has 1 fully saturated rings. The maximum atomic E-state index is 6.05. The molecule has 1 saturated carbocycles. The fraction of sp³-hybridized carbons (Fsp3) is 0.750. The molecular weight excluding hydrogens is 208 g/mol. The molecule has 15 heavy (non-hydrogen) atoms. The van der Waals surface area contributed by atoms with Crippen LogP contribution in [0.4, 0.5) is 0 Å². The van der Waals surface area contributed by atoms with Gasteiger partial charge in [0.1, 0.15) is 0 Å². The topological polar surface area (TPSA) is 17.8 Å². The van der Waals surface area contributed by atoms with E-state index in [1.807, 2.05) is 0 Å². The van der Waals surface area contributed by atoms with E-state index in [4.69, 9.17) is 16.7 Å². The number of nitrogens with zero attached hydrogens (tertiary/aromatic N) is 2. The zero-order valence-electron chi connectivity index (χ0n) is 9.01. The fourth-order valence-corrected chi connectivity index (χ4v) is 2.82. The van der Waals surface area contributed by atoms with Gasteiger partial charge < -0.3 is 0 Å². The van der Waals surface area contributed by atoms with Gasteiger partial charge in [-0.1, -0.05) is 0 Å². The Morgan fingerprint density at radius 1 is 1.27 bits per heavy atom. The van der Waals surface area contributed by atoms with Gasteiger partial charge in [-0.3, -0.25) is 4.68 Å². The zero-order valence-corrected chi connectivity index (χ0v) is 9.76. The Balaban J connectivity index is 1.93. The number of rotatable bonds is 3. The minimum Gasteiger partial charge on any atom is -0.268 e. The van der Waals surface area contributed by atoms with Gasteiger partial charge in [-0.25, -0.2) is 0 Å². The first-order chi connectivity index (χ1) is 7.38. The lowest BCUT2D eigenvalue weighted by Gasteiger charge is -2.10. The number of aryl methyl sites for hydroxylation is 1. The third kappa shape index (κ3) is 1.80. The number of hydrogen-bond donors (Lipinski definition) is 0. The monoisotopic (exact) mass is 224 g/mol. The smallest absolute Gasteiger partial charge is 0.0659 e. The van der Waals surface area contributed by atoms with Crippen LogP contribution in [-0.4, -0.2) is 9.78 Å². The molecule has 0 unspecified atom stereocenters. The molecule has 2 aliphatic carbocycles. The summed E-state index contributed by atoms with van der Waals surface area (Å²) in [7, 11) is 0. The van der Waals surface area contributed by atoms with Crippen LogP contribution in [0.15, 0.2) is 0 Å². The SMILES string of the molecule is ClCc1c2c(nn1CC1CC1)CCCC2. The van der Waals surface area contributed by atoms with E-state index in [2.05, 4.69) is 4.68 Å². The van der Waals surface area contributed by atoms with Crippen molar-refractivity contribution in [2.75, 3.05) is 0 Å². The van der Waals surface area contributed by atoms with Crippen molar-refractivity contribution in [3.05, 3.63) is 17.0 Å². The third-order valence-electron chi connectivity index (χ3n) is 3.59. The molecule has 0 aromatic carbocycles. The molecule has 1 heterocycles. The Hall–Kier alpha value is -0.500. The van der Waals surface area contributed by atoms with E-state index < -0.39 is 0 Å². The molecule has 0 atom stereocenters. The van der Waals surface area contributed by atoms with Crippen LogP contribution in [0, 0.1) is 5.92 Å². The van der Waals surface area contributed by atoms with Gasteiger partial charge in [0.15, 0.2) is 0 Å². The van der Waals surface area contributed by atoms with Crippen LogP contribution in [0.2, 0.25) is 0 Å². The average molecular weight is 225 g/mol. The summed E-state index contributed by atoms with van der Waals surface area (Å²) in [4.78, 5) is 0. The first-order valence-corrected chi connectivity index (χ1v) is 6.55. The summed E-state index contributed by atoms with van der Waals surface area (Å²) in [5.41, 5.74) is 4.10. The molecule has 2 nitrogen and oxygen atoms in total.